The van der Waals surface area contributed by atoms with Gasteiger partial charge in [0, 0.05) is 6.04 Å². The number of hydrogen-bond acceptors (Lipinski definition) is 1. The van der Waals surface area contributed by atoms with Crippen LogP contribution < -0.4 is 5.32 Å². The second-order valence-corrected chi connectivity index (χ2v) is 2.57. The first-order valence-corrected chi connectivity index (χ1v) is 3.76. The largest absolute Gasteiger partial charge is 0.388 e. The number of allylic oxidation sites excluding steroid dienone is 2. The van der Waals surface area contributed by atoms with Gasteiger partial charge in [0.05, 0.1) is 0 Å². The maximum Gasteiger partial charge on any atom is 0.0224 e. The molecular weight excluding hydrogens is 122 g/mol. The molecule has 0 rings (SSSR count). The van der Waals surface area contributed by atoms with Crippen LogP contribution in [0.1, 0.15) is 27.2 Å². The predicted molar refractivity (Wildman–Crippen MR) is 46.8 cm³/mol. The predicted octanol–water partition coefficient (Wildman–Crippen LogP) is 2.46. The SMILES string of the molecule is C=C/C(C)=C\NC(C)CC. The summed E-state index contributed by atoms with van der Waals surface area (Å²) in [5.41, 5.74) is 1.18. The van der Waals surface area contributed by atoms with E-state index in [0.717, 1.165) is 6.42 Å². The molecule has 0 saturated carbocycles. The van der Waals surface area contributed by atoms with E-state index in [1.54, 1.807) is 0 Å². The molecule has 58 valence electrons. The van der Waals surface area contributed by atoms with Gasteiger partial charge < -0.3 is 5.32 Å². The molecule has 0 aliphatic heterocycles. The quantitative estimate of drug-likeness (QED) is 0.590. The van der Waals surface area contributed by atoms with Crippen LogP contribution >= 0.6 is 0 Å². The molecule has 0 heterocycles. The van der Waals surface area contributed by atoms with Gasteiger partial charge in [-0.3, -0.25) is 0 Å². The van der Waals surface area contributed by atoms with Crippen molar-refractivity contribution in [2.24, 2.45) is 0 Å². The normalized spacial score (nSPS) is 14.5. The van der Waals surface area contributed by atoms with Gasteiger partial charge in [-0.1, -0.05) is 19.6 Å². The van der Waals surface area contributed by atoms with E-state index >= 15 is 0 Å². The minimum atomic E-state index is 0.565. The zero-order chi connectivity index (χ0) is 7.98. The molecule has 0 fully saturated rings. The fourth-order valence-electron chi connectivity index (χ4n) is 0.450. The molecule has 1 unspecified atom stereocenters. The Hall–Kier alpha value is -0.720. The van der Waals surface area contributed by atoms with E-state index < -0.39 is 0 Å². The Morgan fingerprint density at radius 3 is 2.70 bits per heavy atom. The Morgan fingerprint density at radius 1 is 1.70 bits per heavy atom. The molecule has 10 heavy (non-hydrogen) atoms. The van der Waals surface area contributed by atoms with E-state index in [4.69, 9.17) is 0 Å². The first-order valence-electron chi connectivity index (χ1n) is 3.76. The lowest BCUT2D eigenvalue weighted by Gasteiger charge is -2.07. The Bertz CT molecular complexity index is 125. The van der Waals surface area contributed by atoms with Crippen LogP contribution in [0.4, 0.5) is 0 Å². The Balaban J connectivity index is 3.60. The van der Waals surface area contributed by atoms with E-state index in [0.29, 0.717) is 6.04 Å². The molecule has 0 bridgehead atoms. The third-order valence-corrected chi connectivity index (χ3v) is 1.53. The fraction of sp³-hybridized carbons (Fsp3) is 0.556. The van der Waals surface area contributed by atoms with Gasteiger partial charge >= 0.3 is 0 Å². The van der Waals surface area contributed by atoms with E-state index in [-0.39, 0.29) is 0 Å². The lowest BCUT2D eigenvalue weighted by Crippen LogP contribution is -2.19. The molecule has 0 aromatic rings. The van der Waals surface area contributed by atoms with Crippen LogP contribution in [0.5, 0.6) is 0 Å². The Kier molecular flexibility index (Phi) is 4.73. The lowest BCUT2D eigenvalue weighted by atomic mass is 10.2. The van der Waals surface area contributed by atoms with Gasteiger partial charge in [-0.25, -0.2) is 0 Å². The van der Waals surface area contributed by atoms with E-state index in [1.165, 1.54) is 5.57 Å². The minimum absolute atomic E-state index is 0.565. The van der Waals surface area contributed by atoms with Crippen molar-refractivity contribution in [3.05, 3.63) is 24.4 Å². The molecule has 1 N–H and O–H groups in total. The van der Waals surface area contributed by atoms with Crippen LogP contribution in [0.25, 0.3) is 0 Å². The summed E-state index contributed by atoms with van der Waals surface area (Å²) in [6.07, 6.45) is 5.00. The number of rotatable bonds is 4. The second kappa shape index (κ2) is 5.10. The zero-order valence-corrected chi connectivity index (χ0v) is 7.15. The molecule has 0 aromatic carbocycles. The van der Waals surface area contributed by atoms with E-state index in [1.807, 2.05) is 19.2 Å². The average molecular weight is 139 g/mol. The van der Waals surface area contributed by atoms with Crippen LogP contribution in [0.2, 0.25) is 0 Å². The second-order valence-electron chi connectivity index (χ2n) is 2.57. The Morgan fingerprint density at radius 2 is 2.30 bits per heavy atom. The molecule has 0 saturated heterocycles. The van der Waals surface area contributed by atoms with Crippen molar-refractivity contribution in [2.45, 2.75) is 33.2 Å². The van der Waals surface area contributed by atoms with Crippen LogP contribution in [0, 0.1) is 0 Å². The molecule has 0 aromatic heterocycles. The molecule has 1 nitrogen and oxygen atoms in total. The smallest absolute Gasteiger partial charge is 0.0224 e. The van der Waals surface area contributed by atoms with E-state index in [2.05, 4.69) is 25.7 Å². The first-order chi connectivity index (χ1) is 4.70. The van der Waals surface area contributed by atoms with Crippen molar-refractivity contribution >= 4 is 0 Å². The van der Waals surface area contributed by atoms with Crippen molar-refractivity contribution in [3.8, 4) is 0 Å². The van der Waals surface area contributed by atoms with Crippen LogP contribution in [-0.4, -0.2) is 6.04 Å². The topological polar surface area (TPSA) is 12.0 Å². The van der Waals surface area contributed by atoms with Crippen molar-refractivity contribution in [2.75, 3.05) is 0 Å². The lowest BCUT2D eigenvalue weighted by molar-refractivity contribution is 0.617. The summed E-state index contributed by atoms with van der Waals surface area (Å²) in [6, 6.07) is 0.565. The van der Waals surface area contributed by atoms with Crippen molar-refractivity contribution < 1.29 is 0 Å². The van der Waals surface area contributed by atoms with Crippen molar-refractivity contribution in [1.29, 1.82) is 0 Å². The zero-order valence-electron chi connectivity index (χ0n) is 7.15. The highest BCUT2D eigenvalue weighted by Crippen LogP contribution is 1.92. The van der Waals surface area contributed by atoms with Gasteiger partial charge in [0.15, 0.2) is 0 Å². The third-order valence-electron chi connectivity index (χ3n) is 1.53. The monoisotopic (exact) mass is 139 g/mol. The van der Waals surface area contributed by atoms with Crippen molar-refractivity contribution in [1.82, 2.24) is 5.32 Å². The molecule has 0 amide bonds. The molecule has 1 atom stereocenters. The highest BCUT2D eigenvalue weighted by atomic mass is 14.9. The Labute approximate surface area is 63.8 Å². The van der Waals surface area contributed by atoms with Crippen molar-refractivity contribution in [3.63, 3.8) is 0 Å². The van der Waals surface area contributed by atoms with Gasteiger partial charge in [-0.15, -0.1) is 0 Å². The molecule has 0 aliphatic rings. The molecule has 0 aliphatic carbocycles. The van der Waals surface area contributed by atoms with Gasteiger partial charge in [0.25, 0.3) is 0 Å². The molecule has 1 heteroatoms. The molecular formula is C9H17N. The maximum atomic E-state index is 3.66. The van der Waals surface area contributed by atoms with E-state index in [9.17, 15) is 0 Å². The summed E-state index contributed by atoms with van der Waals surface area (Å²) < 4.78 is 0. The van der Waals surface area contributed by atoms with Gasteiger partial charge in [-0.05, 0) is 32.0 Å². The average Bonchev–Trinajstić information content (AvgIpc) is 1.99. The standard InChI is InChI=1S/C9H17N/c1-5-8(3)7-10-9(4)6-2/h5,7,9-10H,1,6H2,2-4H3/b8-7-. The van der Waals surface area contributed by atoms with Crippen LogP contribution in [0.3, 0.4) is 0 Å². The summed E-state index contributed by atoms with van der Waals surface area (Å²) in [4.78, 5) is 0. The summed E-state index contributed by atoms with van der Waals surface area (Å²) in [5, 5.41) is 3.25. The van der Waals surface area contributed by atoms with Crippen LogP contribution in [-0.2, 0) is 0 Å². The summed E-state index contributed by atoms with van der Waals surface area (Å²) >= 11 is 0. The molecule has 0 spiro atoms. The summed E-state index contributed by atoms with van der Waals surface area (Å²) in [6.45, 7) is 10.0. The third kappa shape index (κ3) is 4.19. The van der Waals surface area contributed by atoms with Gasteiger partial charge in [-0.2, -0.15) is 0 Å². The summed E-state index contributed by atoms with van der Waals surface area (Å²) in [7, 11) is 0. The maximum absolute atomic E-state index is 3.66. The number of hydrogen-bond donors (Lipinski definition) is 1. The van der Waals surface area contributed by atoms with Crippen LogP contribution in [0.15, 0.2) is 24.4 Å². The minimum Gasteiger partial charge on any atom is -0.388 e. The number of nitrogens with one attached hydrogen (secondary N) is 1. The van der Waals surface area contributed by atoms with Gasteiger partial charge in [0.2, 0.25) is 0 Å². The van der Waals surface area contributed by atoms with Gasteiger partial charge in [0.1, 0.15) is 0 Å². The highest BCUT2D eigenvalue weighted by molar-refractivity contribution is 5.11. The fourth-order valence-corrected chi connectivity index (χ4v) is 0.450. The summed E-state index contributed by atoms with van der Waals surface area (Å²) in [5.74, 6) is 0. The first kappa shape index (κ1) is 9.28. The molecule has 0 radical (unpaired) electrons. The highest BCUT2D eigenvalue weighted by Gasteiger charge is 1.90.